The monoisotopic (exact) mass is 338 g/mol. The van der Waals surface area contributed by atoms with Gasteiger partial charge in [-0.1, -0.05) is 17.3 Å². The van der Waals surface area contributed by atoms with Gasteiger partial charge in [0, 0.05) is 12.7 Å². The highest BCUT2D eigenvalue weighted by molar-refractivity contribution is 5.90. The third-order valence-corrected chi connectivity index (χ3v) is 3.96. The molecule has 1 aromatic carbocycles. The fraction of sp³-hybridized carbons (Fsp3) is 0.438. The molecule has 128 valence electrons. The van der Waals surface area contributed by atoms with Gasteiger partial charge in [0.15, 0.2) is 0 Å². The Kier molecular flexibility index (Phi) is 4.84. The van der Waals surface area contributed by atoms with Crippen LogP contribution in [0.15, 0.2) is 28.8 Å². The maximum Gasteiger partial charge on any atom is 0.338 e. The fourth-order valence-electron chi connectivity index (χ4n) is 2.70. The molecule has 8 heteroatoms. The van der Waals surface area contributed by atoms with Crippen molar-refractivity contribution in [2.75, 3.05) is 7.11 Å². The summed E-state index contributed by atoms with van der Waals surface area (Å²) in [5, 5.41) is 3.49. The van der Waals surface area contributed by atoms with E-state index in [1.54, 1.807) is 19.2 Å². The Bertz CT molecular complexity index is 702. The normalized spacial score (nSPS) is 20.5. The lowest BCUT2D eigenvalue weighted by Gasteiger charge is -2.18. The van der Waals surface area contributed by atoms with Crippen molar-refractivity contribution in [1.82, 2.24) is 10.1 Å². The van der Waals surface area contributed by atoms with Gasteiger partial charge in [0.05, 0.1) is 11.7 Å². The van der Waals surface area contributed by atoms with Crippen molar-refractivity contribution in [3.63, 3.8) is 0 Å². The van der Waals surface area contributed by atoms with Crippen LogP contribution in [0.3, 0.4) is 0 Å². The molecule has 0 bridgehead atoms. The summed E-state index contributed by atoms with van der Waals surface area (Å²) >= 11 is 0. The predicted molar refractivity (Wildman–Crippen MR) is 78.5 cm³/mol. The van der Waals surface area contributed by atoms with Gasteiger partial charge in [-0.15, -0.1) is 0 Å². The van der Waals surface area contributed by atoms with Crippen LogP contribution in [0.1, 0.15) is 41.9 Å². The Hall–Kier alpha value is -2.35. The highest BCUT2D eigenvalue weighted by atomic mass is 19.3. The third kappa shape index (κ3) is 3.43. The van der Waals surface area contributed by atoms with Crippen molar-refractivity contribution in [3.05, 3.63) is 35.7 Å². The standard InChI is InChI=1S/C16H16F2N2O4/c1-22-11-3-2-4-12(11)23-16(21)10-7-5-9(6-8-10)14-19-15(13(17)18)24-20-14/h5-8,11-13H,2-4H2,1H3/t11-,12-/m0/s1. The molecule has 0 aliphatic heterocycles. The van der Waals surface area contributed by atoms with Crippen LogP contribution in [0.25, 0.3) is 11.4 Å². The lowest BCUT2D eigenvalue weighted by atomic mass is 10.1. The zero-order valence-corrected chi connectivity index (χ0v) is 12.9. The minimum Gasteiger partial charge on any atom is -0.456 e. The zero-order chi connectivity index (χ0) is 17.1. The number of benzene rings is 1. The Morgan fingerprint density at radius 3 is 2.58 bits per heavy atom. The molecule has 1 saturated carbocycles. The molecule has 6 nitrogen and oxygen atoms in total. The first-order chi connectivity index (χ1) is 11.6. The van der Waals surface area contributed by atoms with E-state index < -0.39 is 18.3 Å². The van der Waals surface area contributed by atoms with Gasteiger partial charge in [0.2, 0.25) is 5.82 Å². The van der Waals surface area contributed by atoms with Gasteiger partial charge < -0.3 is 14.0 Å². The molecule has 1 aliphatic rings. The lowest BCUT2D eigenvalue weighted by molar-refractivity contribution is -0.0206. The number of carbonyl (C=O) groups excluding carboxylic acids is 1. The Morgan fingerprint density at radius 2 is 1.96 bits per heavy atom. The van der Waals surface area contributed by atoms with Gasteiger partial charge in [-0.25, -0.2) is 4.79 Å². The van der Waals surface area contributed by atoms with E-state index in [0.717, 1.165) is 19.3 Å². The molecule has 3 rings (SSSR count). The molecule has 1 aromatic heterocycles. The van der Waals surface area contributed by atoms with Crippen molar-refractivity contribution in [1.29, 1.82) is 0 Å². The molecule has 24 heavy (non-hydrogen) atoms. The second-order valence-corrected chi connectivity index (χ2v) is 5.48. The number of hydrogen-bond donors (Lipinski definition) is 0. The minimum atomic E-state index is -2.82. The van der Waals surface area contributed by atoms with Crippen LogP contribution in [0, 0.1) is 0 Å². The van der Waals surface area contributed by atoms with Crippen LogP contribution >= 0.6 is 0 Å². The smallest absolute Gasteiger partial charge is 0.338 e. The Balaban J connectivity index is 1.68. The first kappa shape index (κ1) is 16.5. The summed E-state index contributed by atoms with van der Waals surface area (Å²) in [6.45, 7) is 0. The van der Waals surface area contributed by atoms with Crippen molar-refractivity contribution in [3.8, 4) is 11.4 Å². The molecule has 0 saturated heterocycles. The lowest BCUT2D eigenvalue weighted by Crippen LogP contribution is -2.27. The number of ether oxygens (including phenoxy) is 2. The van der Waals surface area contributed by atoms with Crippen molar-refractivity contribution in [2.24, 2.45) is 0 Å². The molecular weight excluding hydrogens is 322 g/mol. The van der Waals surface area contributed by atoms with Crippen LogP contribution in [0.2, 0.25) is 0 Å². The number of methoxy groups -OCH3 is 1. The summed E-state index contributed by atoms with van der Waals surface area (Å²) in [6, 6.07) is 6.18. The van der Waals surface area contributed by atoms with E-state index in [9.17, 15) is 13.6 Å². The maximum absolute atomic E-state index is 12.5. The second kappa shape index (κ2) is 7.04. The van der Waals surface area contributed by atoms with Crippen LogP contribution in [-0.4, -0.2) is 35.4 Å². The van der Waals surface area contributed by atoms with E-state index >= 15 is 0 Å². The summed E-state index contributed by atoms with van der Waals surface area (Å²) in [5.74, 6) is -1.14. The van der Waals surface area contributed by atoms with Crippen LogP contribution < -0.4 is 0 Å². The highest BCUT2D eigenvalue weighted by Gasteiger charge is 2.30. The summed E-state index contributed by atoms with van der Waals surface area (Å²) in [5.41, 5.74) is 0.830. The molecule has 1 aliphatic carbocycles. The van der Waals surface area contributed by atoms with Gasteiger partial charge in [-0.3, -0.25) is 0 Å². The molecule has 1 heterocycles. The topological polar surface area (TPSA) is 74.5 Å². The molecule has 2 atom stereocenters. The number of nitrogens with zero attached hydrogens (tertiary/aromatic N) is 2. The molecule has 1 fully saturated rings. The van der Waals surface area contributed by atoms with E-state index in [0.29, 0.717) is 11.1 Å². The minimum absolute atomic E-state index is 0.0421. The second-order valence-electron chi connectivity index (χ2n) is 5.48. The Labute approximate surface area is 136 Å². The number of halogens is 2. The molecule has 2 aromatic rings. The van der Waals surface area contributed by atoms with Crippen LogP contribution in [0.5, 0.6) is 0 Å². The van der Waals surface area contributed by atoms with Crippen LogP contribution in [0.4, 0.5) is 8.78 Å². The van der Waals surface area contributed by atoms with Gasteiger partial charge >= 0.3 is 12.4 Å². The third-order valence-electron chi connectivity index (χ3n) is 3.96. The Morgan fingerprint density at radius 1 is 1.25 bits per heavy atom. The average molecular weight is 338 g/mol. The van der Waals surface area contributed by atoms with Gasteiger partial charge in [-0.2, -0.15) is 13.8 Å². The molecule has 0 spiro atoms. The van der Waals surface area contributed by atoms with Crippen LogP contribution in [-0.2, 0) is 9.47 Å². The number of hydrogen-bond acceptors (Lipinski definition) is 6. The summed E-state index contributed by atoms with van der Waals surface area (Å²) < 4.78 is 40.1. The quantitative estimate of drug-likeness (QED) is 0.778. The van der Waals surface area contributed by atoms with E-state index in [1.807, 2.05) is 0 Å². The molecule has 0 radical (unpaired) electrons. The number of aromatic nitrogens is 2. The van der Waals surface area contributed by atoms with Gasteiger partial charge in [0.25, 0.3) is 5.89 Å². The summed E-state index contributed by atoms with van der Waals surface area (Å²) in [7, 11) is 1.60. The molecule has 0 N–H and O–H groups in total. The van der Waals surface area contributed by atoms with Gasteiger partial charge in [-0.05, 0) is 31.4 Å². The molecule has 0 amide bonds. The number of rotatable bonds is 5. The SMILES string of the molecule is CO[C@H]1CCC[C@@H]1OC(=O)c1ccc(-c2noc(C(F)F)n2)cc1. The predicted octanol–water partition coefficient (Wildman–Crippen LogP) is 3.40. The largest absolute Gasteiger partial charge is 0.456 e. The number of esters is 1. The van der Waals surface area contributed by atoms with E-state index in [2.05, 4.69) is 14.7 Å². The average Bonchev–Trinajstić information content (AvgIpc) is 3.24. The van der Waals surface area contributed by atoms with E-state index in [1.165, 1.54) is 12.1 Å². The summed E-state index contributed by atoms with van der Waals surface area (Å²) in [4.78, 5) is 15.8. The maximum atomic E-state index is 12.5. The van der Waals surface area contributed by atoms with E-state index in [-0.39, 0.29) is 18.0 Å². The van der Waals surface area contributed by atoms with Gasteiger partial charge in [0.1, 0.15) is 6.10 Å². The first-order valence-corrected chi connectivity index (χ1v) is 7.54. The first-order valence-electron chi connectivity index (χ1n) is 7.54. The van der Waals surface area contributed by atoms with E-state index in [4.69, 9.17) is 9.47 Å². The molecule has 0 unspecified atom stereocenters. The van der Waals surface area contributed by atoms with Crippen molar-refractivity contribution >= 4 is 5.97 Å². The summed E-state index contributed by atoms with van der Waals surface area (Å²) in [6.07, 6.45) is -0.521. The zero-order valence-electron chi connectivity index (χ0n) is 12.9. The number of alkyl halides is 2. The fourth-order valence-corrected chi connectivity index (χ4v) is 2.70. The highest BCUT2D eigenvalue weighted by Crippen LogP contribution is 2.26. The number of carbonyl (C=O) groups is 1. The van der Waals surface area contributed by atoms with Crippen molar-refractivity contribution in [2.45, 2.75) is 37.9 Å². The molecular formula is C16H16F2N2O4. The van der Waals surface area contributed by atoms with Crippen molar-refractivity contribution < 1.29 is 27.6 Å².